The smallest absolute Gasteiger partial charge is 0.0631 e. The summed E-state index contributed by atoms with van der Waals surface area (Å²) in [5.74, 6) is 0.742. The molecule has 0 bridgehead atoms. The maximum atomic E-state index is 4.25. The number of hydrogen-bond donors (Lipinski definition) is 0. The Morgan fingerprint density at radius 1 is 1.07 bits per heavy atom. The van der Waals surface area contributed by atoms with Crippen molar-refractivity contribution in [3.63, 3.8) is 0 Å². The quantitative estimate of drug-likeness (QED) is 0.713. The molecule has 1 rings (SSSR count). The second-order valence-corrected chi connectivity index (χ2v) is 4.55. The fraction of sp³-hybridized carbons (Fsp3) is 0.692. The lowest BCUT2D eigenvalue weighted by atomic mass is 10.1. The van der Waals surface area contributed by atoms with Gasteiger partial charge in [0, 0.05) is 0 Å². The average Bonchev–Trinajstić information content (AvgIpc) is 2.25. The first-order valence-corrected chi connectivity index (χ1v) is 6.04. The van der Waals surface area contributed by atoms with Gasteiger partial charge in [0.1, 0.15) is 0 Å². The van der Waals surface area contributed by atoms with Gasteiger partial charge in [0.15, 0.2) is 0 Å². The van der Waals surface area contributed by atoms with Crippen molar-refractivity contribution in [2.24, 2.45) is 5.92 Å². The molecule has 15 heavy (non-hydrogen) atoms. The van der Waals surface area contributed by atoms with E-state index in [1.54, 1.807) is 0 Å². The number of nitrogens with zero attached hydrogens (tertiary/aromatic N) is 2. The SMILES string of the molecule is CCCCc1ccc(CCC(C)C)nn1. The molecular formula is C13H22N2. The van der Waals surface area contributed by atoms with Gasteiger partial charge < -0.3 is 0 Å². The standard InChI is InChI=1S/C13H22N2/c1-4-5-6-12-9-10-13(15-14-12)8-7-11(2)3/h9-11H,4-8H2,1-3H3. The van der Waals surface area contributed by atoms with Crippen molar-refractivity contribution in [1.82, 2.24) is 10.2 Å². The highest BCUT2D eigenvalue weighted by atomic mass is 15.1. The molecule has 1 heterocycles. The summed E-state index contributed by atoms with van der Waals surface area (Å²) in [7, 11) is 0. The van der Waals surface area contributed by atoms with Gasteiger partial charge in [0.25, 0.3) is 0 Å². The molecule has 1 aromatic rings. The van der Waals surface area contributed by atoms with Gasteiger partial charge in [-0.3, -0.25) is 0 Å². The van der Waals surface area contributed by atoms with Gasteiger partial charge in [-0.25, -0.2) is 0 Å². The van der Waals surface area contributed by atoms with Crippen molar-refractivity contribution in [1.29, 1.82) is 0 Å². The molecule has 0 saturated heterocycles. The number of aromatic nitrogens is 2. The van der Waals surface area contributed by atoms with Gasteiger partial charge >= 0.3 is 0 Å². The van der Waals surface area contributed by atoms with Crippen LogP contribution in [0.2, 0.25) is 0 Å². The van der Waals surface area contributed by atoms with E-state index in [0.717, 1.165) is 30.1 Å². The van der Waals surface area contributed by atoms with Gasteiger partial charge in [0.05, 0.1) is 11.4 Å². The second kappa shape index (κ2) is 6.54. The van der Waals surface area contributed by atoms with Crippen LogP contribution in [0.15, 0.2) is 12.1 Å². The third-order valence-electron chi connectivity index (χ3n) is 2.54. The van der Waals surface area contributed by atoms with E-state index in [1.807, 2.05) is 0 Å². The summed E-state index contributed by atoms with van der Waals surface area (Å²) < 4.78 is 0. The maximum absolute atomic E-state index is 4.25. The lowest BCUT2D eigenvalue weighted by molar-refractivity contribution is 0.577. The predicted molar refractivity (Wildman–Crippen MR) is 63.8 cm³/mol. The van der Waals surface area contributed by atoms with Gasteiger partial charge in [0.2, 0.25) is 0 Å². The lowest BCUT2D eigenvalue weighted by Crippen LogP contribution is -1.99. The van der Waals surface area contributed by atoms with Gasteiger partial charge in [-0.05, 0) is 43.7 Å². The van der Waals surface area contributed by atoms with Crippen LogP contribution in [0.3, 0.4) is 0 Å². The Bertz CT molecular complexity index is 264. The Hall–Kier alpha value is -0.920. The monoisotopic (exact) mass is 206 g/mol. The summed E-state index contributed by atoms with van der Waals surface area (Å²) in [6.45, 7) is 6.68. The van der Waals surface area contributed by atoms with Crippen LogP contribution in [0.1, 0.15) is 51.4 Å². The Morgan fingerprint density at radius 3 is 2.13 bits per heavy atom. The van der Waals surface area contributed by atoms with Crippen molar-refractivity contribution in [2.75, 3.05) is 0 Å². The summed E-state index contributed by atoms with van der Waals surface area (Å²) >= 11 is 0. The molecule has 0 aliphatic carbocycles. The second-order valence-electron chi connectivity index (χ2n) is 4.55. The molecule has 1 aromatic heterocycles. The predicted octanol–water partition coefficient (Wildman–Crippen LogP) is 3.41. The normalized spacial score (nSPS) is 10.9. The summed E-state index contributed by atoms with van der Waals surface area (Å²) in [6, 6.07) is 4.25. The van der Waals surface area contributed by atoms with Crippen LogP contribution in [0.5, 0.6) is 0 Å². The lowest BCUT2D eigenvalue weighted by Gasteiger charge is -2.04. The topological polar surface area (TPSA) is 25.8 Å². The average molecular weight is 206 g/mol. The molecule has 84 valence electrons. The highest BCUT2D eigenvalue weighted by Gasteiger charge is 2.00. The van der Waals surface area contributed by atoms with Crippen molar-refractivity contribution < 1.29 is 0 Å². The molecule has 0 aromatic carbocycles. The number of hydrogen-bond acceptors (Lipinski definition) is 2. The highest BCUT2D eigenvalue weighted by Crippen LogP contribution is 2.07. The van der Waals surface area contributed by atoms with Crippen LogP contribution in [0.4, 0.5) is 0 Å². The largest absolute Gasteiger partial charge is 0.155 e. The maximum Gasteiger partial charge on any atom is 0.0631 e. The zero-order valence-electron chi connectivity index (χ0n) is 10.2. The van der Waals surface area contributed by atoms with Crippen molar-refractivity contribution >= 4 is 0 Å². The van der Waals surface area contributed by atoms with Gasteiger partial charge in [-0.1, -0.05) is 27.2 Å². The van der Waals surface area contributed by atoms with Crippen molar-refractivity contribution in [2.45, 2.75) is 52.9 Å². The fourth-order valence-electron chi connectivity index (χ4n) is 1.45. The Balaban J connectivity index is 2.41. The summed E-state index contributed by atoms with van der Waals surface area (Å²) in [5.41, 5.74) is 2.26. The molecule has 0 unspecified atom stereocenters. The van der Waals surface area contributed by atoms with E-state index in [2.05, 4.69) is 43.1 Å². The van der Waals surface area contributed by atoms with Crippen LogP contribution in [0, 0.1) is 5.92 Å². The molecule has 0 radical (unpaired) electrons. The summed E-state index contributed by atoms with van der Waals surface area (Å²) in [4.78, 5) is 0. The van der Waals surface area contributed by atoms with Crippen LogP contribution in [-0.2, 0) is 12.8 Å². The third-order valence-corrected chi connectivity index (χ3v) is 2.54. The van der Waals surface area contributed by atoms with Crippen LogP contribution in [-0.4, -0.2) is 10.2 Å². The minimum Gasteiger partial charge on any atom is -0.155 e. The molecule has 0 N–H and O–H groups in total. The number of unbranched alkanes of at least 4 members (excludes halogenated alkanes) is 1. The Morgan fingerprint density at radius 2 is 1.67 bits per heavy atom. The molecule has 0 aliphatic rings. The van der Waals surface area contributed by atoms with E-state index in [1.165, 1.54) is 19.3 Å². The van der Waals surface area contributed by atoms with E-state index in [-0.39, 0.29) is 0 Å². The molecule has 0 saturated carbocycles. The molecule has 0 amide bonds. The molecule has 0 spiro atoms. The fourth-order valence-corrected chi connectivity index (χ4v) is 1.45. The van der Waals surface area contributed by atoms with Crippen molar-refractivity contribution in [3.05, 3.63) is 23.5 Å². The molecule has 2 heteroatoms. The number of rotatable bonds is 6. The van der Waals surface area contributed by atoms with Crippen LogP contribution >= 0.6 is 0 Å². The Kier molecular flexibility index (Phi) is 5.30. The molecule has 0 aliphatic heterocycles. The van der Waals surface area contributed by atoms with E-state index in [0.29, 0.717) is 0 Å². The first kappa shape index (κ1) is 12.2. The van der Waals surface area contributed by atoms with Gasteiger partial charge in [-0.15, -0.1) is 0 Å². The van der Waals surface area contributed by atoms with E-state index >= 15 is 0 Å². The van der Waals surface area contributed by atoms with Crippen LogP contribution in [0.25, 0.3) is 0 Å². The first-order valence-electron chi connectivity index (χ1n) is 6.04. The van der Waals surface area contributed by atoms with Gasteiger partial charge in [-0.2, -0.15) is 10.2 Å². The molecule has 2 nitrogen and oxygen atoms in total. The third kappa shape index (κ3) is 4.91. The van der Waals surface area contributed by atoms with Crippen LogP contribution < -0.4 is 0 Å². The molecular weight excluding hydrogens is 184 g/mol. The summed E-state index contributed by atoms with van der Waals surface area (Å²) in [6.07, 6.45) is 5.74. The summed E-state index contributed by atoms with van der Waals surface area (Å²) in [5, 5.41) is 8.50. The minimum atomic E-state index is 0.742. The minimum absolute atomic E-state index is 0.742. The Labute approximate surface area is 93.1 Å². The zero-order valence-corrected chi connectivity index (χ0v) is 10.2. The van der Waals surface area contributed by atoms with E-state index in [4.69, 9.17) is 0 Å². The first-order chi connectivity index (χ1) is 7.22. The number of aryl methyl sites for hydroxylation is 2. The molecule has 0 atom stereocenters. The van der Waals surface area contributed by atoms with Crippen molar-refractivity contribution in [3.8, 4) is 0 Å². The molecule has 0 fully saturated rings. The zero-order chi connectivity index (χ0) is 11.1. The van der Waals surface area contributed by atoms with E-state index in [9.17, 15) is 0 Å². The van der Waals surface area contributed by atoms with E-state index < -0.39 is 0 Å². The highest BCUT2D eigenvalue weighted by molar-refractivity contribution is 5.07.